The zero-order chi connectivity index (χ0) is 12.1. The molecule has 0 radical (unpaired) electrons. The molecule has 0 bridgehead atoms. The maximum absolute atomic E-state index is 10.5. The van der Waals surface area contributed by atoms with E-state index < -0.39 is 11.5 Å². The lowest BCUT2D eigenvalue weighted by Gasteiger charge is -2.11. The van der Waals surface area contributed by atoms with Crippen LogP contribution in [0, 0.1) is 11.3 Å². The molecule has 16 heavy (non-hydrogen) atoms. The predicted octanol–water partition coefficient (Wildman–Crippen LogP) is -0.0717. The molecule has 6 nitrogen and oxygen atoms in total. The number of benzene rings is 1. The number of carboxylic acid groups (broad SMARTS) is 1. The molecule has 2 N–H and O–H groups in total. The second kappa shape index (κ2) is 4.93. The van der Waals surface area contributed by atoms with Crippen LogP contribution >= 0.6 is 0 Å². The number of hydrogen-bond acceptors (Lipinski definition) is 6. The molecule has 0 atom stereocenters. The van der Waals surface area contributed by atoms with Gasteiger partial charge in [-0.3, -0.25) is 10.4 Å². The molecule has 82 valence electrons. The average molecular weight is 219 g/mol. The summed E-state index contributed by atoms with van der Waals surface area (Å²) < 4.78 is 0. The first-order chi connectivity index (χ1) is 7.56. The molecule has 1 aromatic rings. The highest BCUT2D eigenvalue weighted by molar-refractivity contribution is 5.96. The van der Waals surface area contributed by atoms with E-state index in [0.717, 1.165) is 6.08 Å². The molecular weight excluding hydrogens is 212 g/mol. The molecule has 0 aliphatic carbocycles. The number of carbonyl (C=O) groups is 1. The minimum absolute atomic E-state index is 0.0449. The van der Waals surface area contributed by atoms with Crippen molar-refractivity contribution in [3.8, 4) is 6.07 Å². The van der Waals surface area contributed by atoms with Gasteiger partial charge in [0.2, 0.25) is 0 Å². The lowest BCUT2D eigenvalue weighted by Crippen LogP contribution is -2.23. The van der Waals surface area contributed by atoms with Gasteiger partial charge in [0.25, 0.3) is 0 Å². The Morgan fingerprint density at radius 2 is 2.06 bits per heavy atom. The predicted molar refractivity (Wildman–Crippen MR) is 51.1 cm³/mol. The van der Waals surface area contributed by atoms with Gasteiger partial charge in [-0.1, -0.05) is 18.2 Å². The minimum Gasteiger partial charge on any atom is -0.544 e. The van der Waals surface area contributed by atoms with Crippen LogP contribution < -0.4 is 10.3 Å². The van der Waals surface area contributed by atoms with Crippen LogP contribution in [-0.2, 0) is 4.79 Å². The number of carbonyl (C=O) groups excluding carboxylic acids is 1. The highest BCUT2D eigenvalue weighted by atomic mass is 16.8. The number of para-hydroxylation sites is 1. The van der Waals surface area contributed by atoms with E-state index >= 15 is 0 Å². The molecule has 0 amide bonds. The summed E-state index contributed by atoms with van der Waals surface area (Å²) in [7, 11) is 0. The summed E-state index contributed by atoms with van der Waals surface area (Å²) >= 11 is 0. The second-order valence-corrected chi connectivity index (χ2v) is 2.81. The van der Waals surface area contributed by atoms with E-state index in [1.54, 1.807) is 6.07 Å². The lowest BCUT2D eigenvalue weighted by atomic mass is 10.1. The van der Waals surface area contributed by atoms with Crippen molar-refractivity contribution in [1.29, 1.82) is 5.26 Å². The van der Waals surface area contributed by atoms with E-state index in [4.69, 9.17) is 15.7 Å². The fraction of sp³-hybridized carbons (Fsp3) is 0. The summed E-state index contributed by atoms with van der Waals surface area (Å²) in [6.45, 7) is 0. The number of aliphatic carboxylic acids is 1. The average Bonchev–Trinajstić information content (AvgIpc) is 2.25. The topological polar surface area (TPSA) is 108 Å². The Bertz CT molecular complexity index is 474. The fourth-order valence-corrected chi connectivity index (χ4v) is 1.08. The van der Waals surface area contributed by atoms with Crippen molar-refractivity contribution in [3.05, 3.63) is 35.4 Å². The second-order valence-electron chi connectivity index (χ2n) is 2.81. The molecule has 1 aromatic carbocycles. The number of hydrogen-bond donors (Lipinski definition) is 2. The van der Waals surface area contributed by atoms with Crippen LogP contribution in [0.25, 0.3) is 6.08 Å². The van der Waals surface area contributed by atoms with E-state index in [-0.39, 0.29) is 16.5 Å². The third-order valence-corrected chi connectivity index (χ3v) is 1.79. The van der Waals surface area contributed by atoms with E-state index in [9.17, 15) is 9.90 Å². The zero-order valence-corrected chi connectivity index (χ0v) is 7.99. The maximum atomic E-state index is 10.5. The molecular formula is C10H7N2O4-. The quantitative estimate of drug-likeness (QED) is 0.418. The van der Waals surface area contributed by atoms with Gasteiger partial charge in [0.15, 0.2) is 0 Å². The summed E-state index contributed by atoms with van der Waals surface area (Å²) in [5.74, 6) is -1.63. The molecule has 0 aromatic heterocycles. The first-order valence-corrected chi connectivity index (χ1v) is 4.16. The van der Waals surface area contributed by atoms with Crippen molar-refractivity contribution in [2.45, 2.75) is 0 Å². The summed E-state index contributed by atoms with van der Waals surface area (Å²) in [6, 6.07) is 7.29. The molecule has 0 saturated carbocycles. The third-order valence-electron chi connectivity index (χ3n) is 1.79. The van der Waals surface area contributed by atoms with Crippen molar-refractivity contribution in [1.82, 2.24) is 0 Å². The van der Waals surface area contributed by atoms with E-state index in [2.05, 4.69) is 0 Å². The number of anilines is 1. The summed E-state index contributed by atoms with van der Waals surface area (Å²) in [4.78, 5) is 10.5. The Morgan fingerprint density at radius 1 is 1.44 bits per heavy atom. The summed E-state index contributed by atoms with van der Waals surface area (Å²) in [5.41, 5.74) is -0.473. The number of rotatable bonds is 3. The molecule has 6 heteroatoms. The van der Waals surface area contributed by atoms with Gasteiger partial charge in [-0.25, -0.2) is 0 Å². The molecule has 0 heterocycles. The third kappa shape index (κ3) is 2.57. The SMILES string of the molecule is N#C/C(=C/c1ccccc1N(O)O)C(=O)[O-]. The molecule has 0 spiro atoms. The van der Waals surface area contributed by atoms with E-state index in [1.807, 2.05) is 0 Å². The van der Waals surface area contributed by atoms with Crippen molar-refractivity contribution >= 4 is 17.7 Å². The van der Waals surface area contributed by atoms with E-state index in [1.165, 1.54) is 24.3 Å². The van der Waals surface area contributed by atoms with Gasteiger partial charge in [-0.05, 0) is 12.1 Å². The van der Waals surface area contributed by atoms with Crippen LogP contribution in [-0.4, -0.2) is 16.4 Å². The first-order valence-electron chi connectivity index (χ1n) is 4.16. The van der Waals surface area contributed by atoms with Crippen LogP contribution in [0.5, 0.6) is 0 Å². The van der Waals surface area contributed by atoms with Crippen LogP contribution in [0.4, 0.5) is 5.69 Å². The van der Waals surface area contributed by atoms with Gasteiger partial charge in [0, 0.05) is 5.56 Å². The lowest BCUT2D eigenvalue weighted by molar-refractivity contribution is -0.298. The number of nitrogens with zero attached hydrogens (tertiary/aromatic N) is 2. The molecule has 1 rings (SSSR count). The van der Waals surface area contributed by atoms with Gasteiger partial charge >= 0.3 is 0 Å². The number of carboxylic acids is 1. The monoisotopic (exact) mass is 219 g/mol. The highest BCUT2D eigenvalue weighted by Crippen LogP contribution is 2.20. The Hall–Kier alpha value is -2.36. The van der Waals surface area contributed by atoms with Crippen molar-refractivity contribution in [2.24, 2.45) is 0 Å². The molecule has 0 saturated heterocycles. The van der Waals surface area contributed by atoms with Gasteiger partial charge in [-0.15, -0.1) is 5.23 Å². The van der Waals surface area contributed by atoms with Crippen LogP contribution in [0.2, 0.25) is 0 Å². The normalized spacial score (nSPS) is 10.7. The Labute approximate surface area is 90.8 Å². The van der Waals surface area contributed by atoms with Crippen LogP contribution in [0.15, 0.2) is 29.8 Å². The van der Waals surface area contributed by atoms with Gasteiger partial charge in [0.1, 0.15) is 11.8 Å². The molecule has 0 unspecified atom stereocenters. The first kappa shape index (κ1) is 11.7. The standard InChI is InChI=1S/C10H8N2O4/c11-6-8(10(13)14)5-7-3-1-2-4-9(7)12(15)16/h1-5,15-16H,(H,13,14)/p-1/b8-5-. The van der Waals surface area contributed by atoms with E-state index in [0.29, 0.717) is 0 Å². The van der Waals surface area contributed by atoms with Crippen molar-refractivity contribution in [3.63, 3.8) is 0 Å². The fourth-order valence-electron chi connectivity index (χ4n) is 1.08. The largest absolute Gasteiger partial charge is 0.544 e. The van der Waals surface area contributed by atoms with Gasteiger partial charge in [-0.2, -0.15) is 5.26 Å². The Balaban J connectivity index is 3.24. The van der Waals surface area contributed by atoms with Crippen molar-refractivity contribution in [2.75, 3.05) is 5.23 Å². The number of nitriles is 1. The maximum Gasteiger partial charge on any atom is 0.101 e. The van der Waals surface area contributed by atoms with Crippen molar-refractivity contribution < 1.29 is 20.3 Å². The van der Waals surface area contributed by atoms with Gasteiger partial charge in [0.05, 0.1) is 11.5 Å². The smallest absolute Gasteiger partial charge is 0.101 e. The zero-order valence-electron chi connectivity index (χ0n) is 7.99. The minimum atomic E-state index is -1.63. The van der Waals surface area contributed by atoms with Crippen LogP contribution in [0.1, 0.15) is 5.56 Å². The van der Waals surface area contributed by atoms with Gasteiger partial charge < -0.3 is 9.90 Å². The van der Waals surface area contributed by atoms with Crippen LogP contribution in [0.3, 0.4) is 0 Å². The molecule has 0 aliphatic rings. The Kier molecular flexibility index (Phi) is 3.61. The summed E-state index contributed by atoms with van der Waals surface area (Å²) in [5, 5.41) is 36.5. The molecule has 0 aliphatic heterocycles. The summed E-state index contributed by atoms with van der Waals surface area (Å²) in [6.07, 6.45) is 0.990. The Morgan fingerprint density at radius 3 is 2.56 bits per heavy atom. The highest BCUT2D eigenvalue weighted by Gasteiger charge is 2.06. The molecule has 0 fully saturated rings.